The second-order valence-electron chi connectivity index (χ2n) is 5.90. The van der Waals surface area contributed by atoms with Crippen molar-refractivity contribution in [3.8, 4) is 0 Å². The molecule has 2 aromatic carbocycles. The largest absolute Gasteiger partial charge is 0.308 e. The minimum Gasteiger partial charge on any atom is -0.308 e. The van der Waals surface area contributed by atoms with Crippen LogP contribution < -0.4 is 5.32 Å². The topological polar surface area (TPSA) is 12.0 Å². The maximum atomic E-state index is 6.21. The van der Waals surface area contributed by atoms with Crippen LogP contribution in [0.25, 0.3) is 0 Å². The fourth-order valence-electron chi connectivity index (χ4n) is 1.75. The first-order chi connectivity index (χ1) is 9.85. The molecule has 21 heavy (non-hydrogen) atoms. The van der Waals surface area contributed by atoms with Crippen molar-refractivity contribution in [2.45, 2.75) is 42.6 Å². The Morgan fingerprint density at radius 3 is 2.43 bits per heavy atom. The number of hydrogen-bond donors (Lipinski definition) is 1. The van der Waals surface area contributed by atoms with Crippen molar-refractivity contribution >= 4 is 39.3 Å². The molecule has 0 aliphatic carbocycles. The average molecular weight is 385 g/mol. The molecule has 0 aromatic heterocycles. The zero-order valence-electron chi connectivity index (χ0n) is 12.4. The van der Waals surface area contributed by atoms with Crippen molar-refractivity contribution in [2.75, 3.05) is 0 Å². The summed E-state index contributed by atoms with van der Waals surface area (Å²) in [5, 5.41) is 4.28. The zero-order chi connectivity index (χ0) is 15.5. The molecule has 0 amide bonds. The Kier molecular flexibility index (Phi) is 5.78. The van der Waals surface area contributed by atoms with Gasteiger partial charge in [-0.05, 0) is 66.5 Å². The van der Waals surface area contributed by atoms with Crippen LogP contribution in [0.4, 0.5) is 0 Å². The minimum absolute atomic E-state index is 0.122. The molecule has 0 fully saturated rings. The molecular formula is C17H19BrClNS. The van der Waals surface area contributed by atoms with Gasteiger partial charge in [-0.15, -0.1) is 0 Å². The highest BCUT2D eigenvalue weighted by molar-refractivity contribution is 9.10. The van der Waals surface area contributed by atoms with E-state index in [-0.39, 0.29) is 5.54 Å². The van der Waals surface area contributed by atoms with Crippen molar-refractivity contribution in [3.05, 3.63) is 57.5 Å². The third-order valence-corrected chi connectivity index (χ3v) is 5.39. The van der Waals surface area contributed by atoms with Gasteiger partial charge in [0.25, 0.3) is 0 Å². The molecule has 0 aliphatic rings. The lowest BCUT2D eigenvalue weighted by molar-refractivity contribution is 0.424. The van der Waals surface area contributed by atoms with Crippen LogP contribution in [0.1, 0.15) is 26.3 Å². The summed E-state index contributed by atoms with van der Waals surface area (Å²) in [6.45, 7) is 7.37. The van der Waals surface area contributed by atoms with Crippen LogP contribution in [0.15, 0.2) is 56.7 Å². The summed E-state index contributed by atoms with van der Waals surface area (Å²) in [4.78, 5) is 2.24. The Hall–Kier alpha value is -0.480. The molecular weight excluding hydrogens is 366 g/mol. The van der Waals surface area contributed by atoms with Crippen LogP contribution in [0.5, 0.6) is 0 Å². The van der Waals surface area contributed by atoms with Gasteiger partial charge in [-0.1, -0.05) is 41.6 Å². The maximum absolute atomic E-state index is 6.21. The van der Waals surface area contributed by atoms with Crippen molar-refractivity contribution in [1.29, 1.82) is 0 Å². The normalized spacial score (nSPS) is 11.7. The van der Waals surface area contributed by atoms with Crippen LogP contribution in [-0.4, -0.2) is 5.54 Å². The van der Waals surface area contributed by atoms with Crippen LogP contribution in [0, 0.1) is 0 Å². The van der Waals surface area contributed by atoms with Crippen LogP contribution in [0.2, 0.25) is 5.02 Å². The predicted octanol–water partition coefficient (Wildman–Crippen LogP) is 6.14. The van der Waals surface area contributed by atoms with Gasteiger partial charge in [0, 0.05) is 26.3 Å². The first kappa shape index (κ1) is 16.9. The molecule has 2 rings (SSSR count). The second-order valence-corrected chi connectivity index (χ2v) is 8.25. The highest BCUT2D eigenvalue weighted by Crippen LogP contribution is 2.37. The molecule has 0 heterocycles. The summed E-state index contributed by atoms with van der Waals surface area (Å²) >= 11 is 11.5. The molecule has 112 valence electrons. The summed E-state index contributed by atoms with van der Waals surface area (Å²) in [7, 11) is 0. The summed E-state index contributed by atoms with van der Waals surface area (Å²) < 4.78 is 1.10. The highest BCUT2D eigenvalue weighted by atomic mass is 79.9. The van der Waals surface area contributed by atoms with E-state index in [1.54, 1.807) is 11.8 Å². The van der Waals surface area contributed by atoms with E-state index in [0.717, 1.165) is 20.9 Å². The number of benzene rings is 2. The molecule has 0 unspecified atom stereocenters. The lowest BCUT2D eigenvalue weighted by Crippen LogP contribution is -2.35. The van der Waals surface area contributed by atoms with E-state index in [9.17, 15) is 0 Å². The van der Waals surface area contributed by atoms with E-state index in [1.165, 1.54) is 10.5 Å². The van der Waals surface area contributed by atoms with Crippen LogP contribution in [-0.2, 0) is 6.54 Å². The lowest BCUT2D eigenvalue weighted by atomic mass is 10.1. The second kappa shape index (κ2) is 7.19. The molecule has 1 nitrogen and oxygen atoms in total. The number of nitrogens with one attached hydrogen (secondary N) is 1. The Morgan fingerprint density at radius 1 is 1.10 bits per heavy atom. The summed E-state index contributed by atoms with van der Waals surface area (Å²) in [6.07, 6.45) is 0. The lowest BCUT2D eigenvalue weighted by Gasteiger charge is -2.20. The highest BCUT2D eigenvalue weighted by Gasteiger charge is 2.10. The Labute approximate surface area is 144 Å². The Balaban J connectivity index is 2.11. The van der Waals surface area contributed by atoms with E-state index in [0.29, 0.717) is 0 Å². The van der Waals surface area contributed by atoms with Gasteiger partial charge in [-0.3, -0.25) is 0 Å². The molecule has 0 atom stereocenters. The summed E-state index contributed by atoms with van der Waals surface area (Å²) in [6, 6.07) is 14.4. The molecule has 2 aromatic rings. The van der Waals surface area contributed by atoms with Gasteiger partial charge in [0.2, 0.25) is 0 Å². The third kappa shape index (κ3) is 5.33. The monoisotopic (exact) mass is 383 g/mol. The smallest absolute Gasteiger partial charge is 0.0545 e. The van der Waals surface area contributed by atoms with Gasteiger partial charge in [-0.25, -0.2) is 0 Å². The van der Waals surface area contributed by atoms with Gasteiger partial charge < -0.3 is 5.32 Å². The Bertz CT molecular complexity index is 622. The van der Waals surface area contributed by atoms with Crippen LogP contribution in [0.3, 0.4) is 0 Å². The predicted molar refractivity (Wildman–Crippen MR) is 96.3 cm³/mol. The fraction of sp³-hybridized carbons (Fsp3) is 0.294. The van der Waals surface area contributed by atoms with Crippen LogP contribution >= 0.6 is 39.3 Å². The van der Waals surface area contributed by atoms with E-state index in [4.69, 9.17) is 11.6 Å². The summed E-state index contributed by atoms with van der Waals surface area (Å²) in [5.41, 5.74) is 1.39. The third-order valence-electron chi connectivity index (χ3n) is 2.88. The van der Waals surface area contributed by atoms with Gasteiger partial charge in [0.1, 0.15) is 0 Å². The van der Waals surface area contributed by atoms with E-state index in [2.05, 4.69) is 60.2 Å². The number of halogens is 2. The van der Waals surface area contributed by atoms with Gasteiger partial charge in [0.15, 0.2) is 0 Å². The van der Waals surface area contributed by atoms with Gasteiger partial charge >= 0.3 is 0 Å². The van der Waals surface area contributed by atoms with Crippen molar-refractivity contribution in [2.24, 2.45) is 0 Å². The standard InChI is InChI=1S/C17H19BrClNS/c1-17(2,3)20-11-12-8-9-15(13(18)10-12)21-16-7-5-4-6-14(16)19/h4-10,20H,11H2,1-3H3. The summed E-state index contributed by atoms with van der Waals surface area (Å²) in [5.74, 6) is 0. The first-order valence-corrected chi connectivity index (χ1v) is 8.80. The molecule has 0 radical (unpaired) electrons. The SMILES string of the molecule is CC(C)(C)NCc1ccc(Sc2ccccc2Cl)c(Br)c1. The molecule has 0 saturated heterocycles. The molecule has 4 heteroatoms. The van der Waals surface area contributed by atoms with Gasteiger partial charge in [0.05, 0.1) is 5.02 Å². The minimum atomic E-state index is 0.122. The molecule has 1 N–H and O–H groups in total. The first-order valence-electron chi connectivity index (χ1n) is 6.81. The molecule has 0 spiro atoms. The fourth-order valence-corrected chi connectivity index (χ4v) is 3.51. The molecule has 0 saturated carbocycles. The van der Waals surface area contributed by atoms with E-state index >= 15 is 0 Å². The van der Waals surface area contributed by atoms with E-state index in [1.807, 2.05) is 24.3 Å². The van der Waals surface area contributed by atoms with Crippen molar-refractivity contribution in [1.82, 2.24) is 5.32 Å². The molecule has 0 bridgehead atoms. The number of hydrogen-bond acceptors (Lipinski definition) is 2. The quantitative estimate of drug-likeness (QED) is 0.679. The average Bonchev–Trinajstić information content (AvgIpc) is 2.41. The van der Waals surface area contributed by atoms with Gasteiger partial charge in [-0.2, -0.15) is 0 Å². The van der Waals surface area contributed by atoms with Crippen molar-refractivity contribution in [3.63, 3.8) is 0 Å². The molecule has 0 aliphatic heterocycles. The number of rotatable bonds is 4. The van der Waals surface area contributed by atoms with Crippen molar-refractivity contribution < 1.29 is 0 Å². The van der Waals surface area contributed by atoms with E-state index < -0.39 is 0 Å². The Morgan fingerprint density at radius 2 is 1.81 bits per heavy atom. The zero-order valence-corrected chi connectivity index (χ0v) is 15.6. The maximum Gasteiger partial charge on any atom is 0.0545 e.